The third kappa shape index (κ3) is 1.08. The Morgan fingerprint density at radius 3 is 2.60 bits per heavy atom. The monoisotopic (exact) mass is 212 g/mol. The lowest BCUT2D eigenvalue weighted by molar-refractivity contribution is -0.197. The molecule has 4 nitrogen and oxygen atoms in total. The molecule has 0 unspecified atom stereocenters. The summed E-state index contributed by atoms with van der Waals surface area (Å²) in [7, 11) is 0. The fraction of sp³-hybridized carbons (Fsp3) is 0.818. The standard InChI is InChI=1S/C11H16O4/c1-10(2)6-4-5-11(10,3)7(8(12)13)15-9(6)14/h6-7H,4-5H2,1-3H3,(H,12,13)/t6-,7+,11-/m1/s1. The van der Waals surface area contributed by atoms with Crippen molar-refractivity contribution in [3.05, 3.63) is 0 Å². The molecule has 4 heteroatoms. The van der Waals surface area contributed by atoms with Gasteiger partial charge in [-0.05, 0) is 18.3 Å². The molecule has 0 aromatic rings. The molecule has 1 saturated heterocycles. The van der Waals surface area contributed by atoms with Crippen molar-refractivity contribution in [3.8, 4) is 0 Å². The molecule has 0 aromatic heterocycles. The zero-order valence-corrected chi connectivity index (χ0v) is 9.24. The maximum Gasteiger partial charge on any atom is 0.345 e. The molecule has 2 fully saturated rings. The molecule has 1 aliphatic heterocycles. The van der Waals surface area contributed by atoms with Gasteiger partial charge in [0.2, 0.25) is 6.10 Å². The third-order valence-electron chi connectivity index (χ3n) is 4.62. The number of hydrogen-bond donors (Lipinski definition) is 1. The molecule has 1 N–H and O–H groups in total. The number of carboxylic acids is 1. The number of carbonyl (C=O) groups is 2. The summed E-state index contributed by atoms with van der Waals surface area (Å²) in [5.41, 5.74) is -0.719. The molecule has 0 amide bonds. The Morgan fingerprint density at radius 1 is 1.47 bits per heavy atom. The highest BCUT2D eigenvalue weighted by Crippen LogP contribution is 2.61. The van der Waals surface area contributed by atoms with E-state index in [9.17, 15) is 9.59 Å². The van der Waals surface area contributed by atoms with Crippen molar-refractivity contribution in [3.63, 3.8) is 0 Å². The zero-order valence-electron chi connectivity index (χ0n) is 9.24. The minimum absolute atomic E-state index is 0.141. The van der Waals surface area contributed by atoms with E-state index in [1.807, 2.05) is 20.8 Å². The Hall–Kier alpha value is -1.06. The number of carbonyl (C=O) groups excluding carboxylic acids is 1. The number of esters is 1. The molecule has 84 valence electrons. The Balaban J connectivity index is 2.48. The predicted octanol–water partition coefficient (Wildman–Crippen LogP) is 1.44. The van der Waals surface area contributed by atoms with E-state index in [2.05, 4.69) is 0 Å². The maximum atomic E-state index is 11.6. The first-order valence-corrected chi connectivity index (χ1v) is 5.24. The summed E-state index contributed by atoms with van der Waals surface area (Å²) in [5, 5.41) is 9.10. The Bertz CT molecular complexity index is 333. The molecular formula is C11H16O4. The molecule has 3 atom stereocenters. The molecule has 2 bridgehead atoms. The Labute approximate surface area is 88.6 Å². The van der Waals surface area contributed by atoms with Crippen LogP contribution in [-0.4, -0.2) is 23.1 Å². The fourth-order valence-corrected chi connectivity index (χ4v) is 3.06. The second-order valence-corrected chi connectivity index (χ2v) is 5.39. The van der Waals surface area contributed by atoms with Gasteiger partial charge in [0.15, 0.2) is 0 Å². The van der Waals surface area contributed by atoms with Crippen LogP contribution in [0.1, 0.15) is 33.6 Å². The molecule has 2 aliphatic rings. The van der Waals surface area contributed by atoms with E-state index < -0.39 is 17.5 Å². The van der Waals surface area contributed by atoms with Crippen LogP contribution in [0.3, 0.4) is 0 Å². The lowest BCUT2D eigenvalue weighted by Crippen LogP contribution is -2.55. The number of fused-ring (bicyclic) bond motifs is 2. The smallest absolute Gasteiger partial charge is 0.345 e. The maximum absolute atomic E-state index is 11.6. The van der Waals surface area contributed by atoms with E-state index in [0.29, 0.717) is 0 Å². The van der Waals surface area contributed by atoms with Crippen LogP contribution in [0.5, 0.6) is 0 Å². The summed E-state index contributed by atoms with van der Waals surface area (Å²) >= 11 is 0. The Kier molecular flexibility index (Phi) is 1.91. The molecule has 15 heavy (non-hydrogen) atoms. The molecule has 0 aromatic carbocycles. The first-order valence-electron chi connectivity index (χ1n) is 5.24. The van der Waals surface area contributed by atoms with Gasteiger partial charge >= 0.3 is 11.9 Å². The summed E-state index contributed by atoms with van der Waals surface area (Å²) in [6.45, 7) is 5.86. The number of hydrogen-bond acceptors (Lipinski definition) is 3. The lowest BCUT2D eigenvalue weighted by Gasteiger charge is -2.47. The lowest BCUT2D eigenvalue weighted by atomic mass is 9.61. The van der Waals surface area contributed by atoms with E-state index in [1.54, 1.807) is 0 Å². The van der Waals surface area contributed by atoms with Gasteiger partial charge < -0.3 is 9.84 Å². The second-order valence-electron chi connectivity index (χ2n) is 5.39. The Morgan fingerprint density at radius 2 is 2.07 bits per heavy atom. The SMILES string of the molecule is CC1(C)[C@@H]2CC[C@]1(C)[C@H](C(=O)O)OC2=O. The third-order valence-corrected chi connectivity index (χ3v) is 4.62. The number of aliphatic carboxylic acids is 1. The zero-order chi connectivity index (χ0) is 11.4. The summed E-state index contributed by atoms with van der Waals surface area (Å²) in [6.07, 6.45) is 0.498. The van der Waals surface area contributed by atoms with Crippen LogP contribution in [0.25, 0.3) is 0 Å². The average Bonchev–Trinajstić information content (AvgIpc) is 2.28. The first kappa shape index (κ1) is 10.5. The van der Waals surface area contributed by atoms with Crippen LogP contribution in [0.4, 0.5) is 0 Å². The van der Waals surface area contributed by atoms with Gasteiger partial charge in [0, 0.05) is 5.41 Å². The predicted molar refractivity (Wildman–Crippen MR) is 52.1 cm³/mol. The van der Waals surface area contributed by atoms with Gasteiger partial charge in [-0.25, -0.2) is 4.79 Å². The van der Waals surface area contributed by atoms with Crippen LogP contribution in [-0.2, 0) is 14.3 Å². The molecule has 2 rings (SSSR count). The van der Waals surface area contributed by atoms with E-state index in [0.717, 1.165) is 12.8 Å². The minimum atomic E-state index is -1.03. The van der Waals surface area contributed by atoms with Gasteiger partial charge in [-0.15, -0.1) is 0 Å². The summed E-state index contributed by atoms with van der Waals surface area (Å²) in [5.74, 6) is -1.51. The number of cyclic esters (lactones) is 1. The highest BCUT2D eigenvalue weighted by molar-refractivity contribution is 5.83. The highest BCUT2D eigenvalue weighted by Gasteiger charge is 2.65. The summed E-state index contributed by atoms with van der Waals surface area (Å²) in [4.78, 5) is 22.7. The van der Waals surface area contributed by atoms with E-state index in [1.165, 1.54) is 0 Å². The van der Waals surface area contributed by atoms with Gasteiger partial charge in [-0.1, -0.05) is 20.8 Å². The molecule has 0 radical (unpaired) electrons. The van der Waals surface area contributed by atoms with E-state index in [4.69, 9.17) is 9.84 Å². The summed E-state index contributed by atoms with van der Waals surface area (Å²) < 4.78 is 5.03. The average molecular weight is 212 g/mol. The van der Waals surface area contributed by atoms with Crippen LogP contribution >= 0.6 is 0 Å². The summed E-state index contributed by atoms with van der Waals surface area (Å²) in [6, 6.07) is 0. The topological polar surface area (TPSA) is 63.6 Å². The van der Waals surface area contributed by atoms with Crippen LogP contribution in [0, 0.1) is 16.7 Å². The quantitative estimate of drug-likeness (QED) is 0.668. The number of carboxylic acid groups (broad SMARTS) is 1. The number of rotatable bonds is 1. The van der Waals surface area contributed by atoms with Crippen LogP contribution in [0.2, 0.25) is 0 Å². The van der Waals surface area contributed by atoms with Gasteiger partial charge in [0.05, 0.1) is 5.92 Å². The number of ether oxygens (including phenoxy) is 1. The minimum Gasteiger partial charge on any atom is -0.478 e. The second kappa shape index (κ2) is 2.74. The molecule has 1 aliphatic carbocycles. The van der Waals surface area contributed by atoms with Crippen molar-refractivity contribution in [2.45, 2.75) is 39.7 Å². The van der Waals surface area contributed by atoms with Crippen LogP contribution < -0.4 is 0 Å². The normalized spacial score (nSPS) is 42.5. The van der Waals surface area contributed by atoms with Crippen molar-refractivity contribution < 1.29 is 19.4 Å². The van der Waals surface area contributed by atoms with E-state index in [-0.39, 0.29) is 17.3 Å². The van der Waals surface area contributed by atoms with Crippen molar-refractivity contribution in [2.24, 2.45) is 16.7 Å². The van der Waals surface area contributed by atoms with Gasteiger partial charge in [0.25, 0.3) is 0 Å². The molecule has 1 heterocycles. The fourth-order valence-electron chi connectivity index (χ4n) is 3.06. The van der Waals surface area contributed by atoms with Crippen molar-refractivity contribution in [1.82, 2.24) is 0 Å². The van der Waals surface area contributed by atoms with Gasteiger partial charge in [-0.2, -0.15) is 0 Å². The largest absolute Gasteiger partial charge is 0.478 e. The highest BCUT2D eigenvalue weighted by atomic mass is 16.6. The van der Waals surface area contributed by atoms with Gasteiger partial charge in [0.1, 0.15) is 0 Å². The van der Waals surface area contributed by atoms with Crippen molar-refractivity contribution in [2.75, 3.05) is 0 Å². The van der Waals surface area contributed by atoms with Crippen molar-refractivity contribution in [1.29, 1.82) is 0 Å². The molecule has 0 spiro atoms. The molecule has 1 saturated carbocycles. The first-order chi connectivity index (χ1) is 6.80. The van der Waals surface area contributed by atoms with Gasteiger partial charge in [-0.3, -0.25) is 4.79 Å². The molecular weight excluding hydrogens is 196 g/mol. The van der Waals surface area contributed by atoms with E-state index >= 15 is 0 Å². The van der Waals surface area contributed by atoms with Crippen LogP contribution in [0.15, 0.2) is 0 Å². The van der Waals surface area contributed by atoms with Crippen molar-refractivity contribution >= 4 is 11.9 Å².